The lowest BCUT2D eigenvalue weighted by atomic mass is 9.91. The van der Waals surface area contributed by atoms with Crippen molar-refractivity contribution >= 4 is 17.7 Å². The summed E-state index contributed by atoms with van der Waals surface area (Å²) in [7, 11) is 0. The quantitative estimate of drug-likeness (QED) is 0.224. The van der Waals surface area contributed by atoms with Crippen LogP contribution in [0, 0.1) is 11.8 Å². The summed E-state index contributed by atoms with van der Waals surface area (Å²) >= 11 is 2.03. The molecule has 0 saturated carbocycles. The molecule has 2 rings (SSSR count). The third kappa shape index (κ3) is 10.5. The van der Waals surface area contributed by atoms with E-state index in [4.69, 9.17) is 14.6 Å². The third-order valence-electron chi connectivity index (χ3n) is 5.52. The van der Waals surface area contributed by atoms with Crippen LogP contribution in [0.15, 0.2) is 36.5 Å². The molecular formula is C24H38O4S. The van der Waals surface area contributed by atoms with Crippen molar-refractivity contribution in [1.29, 1.82) is 0 Å². The van der Waals surface area contributed by atoms with Crippen LogP contribution in [0.25, 0.3) is 0 Å². The van der Waals surface area contributed by atoms with Gasteiger partial charge in [0, 0.05) is 12.7 Å². The fraction of sp³-hybridized carbons (Fsp3) is 0.708. The van der Waals surface area contributed by atoms with E-state index in [0.717, 1.165) is 32.3 Å². The lowest BCUT2D eigenvalue weighted by Crippen LogP contribution is -2.27. The van der Waals surface area contributed by atoms with Crippen LogP contribution in [0.1, 0.15) is 64.7 Å². The first-order chi connectivity index (χ1) is 14.2. The Morgan fingerprint density at radius 3 is 2.90 bits per heavy atom. The number of ether oxygens (including phenoxy) is 2. The van der Waals surface area contributed by atoms with Crippen molar-refractivity contribution in [1.82, 2.24) is 0 Å². The third-order valence-corrected chi connectivity index (χ3v) is 6.80. The summed E-state index contributed by atoms with van der Waals surface area (Å²) in [6.45, 7) is 3.06. The van der Waals surface area contributed by atoms with Gasteiger partial charge in [-0.1, -0.05) is 56.6 Å². The molecule has 0 aromatic heterocycles. The fourth-order valence-corrected chi connectivity index (χ4v) is 5.25. The standard InChI is InChI=1S/C24H38O4S/c1-2-3-6-12-22(28-24-14-9-10-17-27-24)16-15-21-19-29-18-20(21)11-7-4-5-8-13-23(25)26/h4,7-8,13,15-16,20-22,24H,2-3,5-6,9-12,14,17-19H2,1H3,(H,25,26)/b7-4?,13-8-,16-15+/t20-,21+,22?,24?/m1/s1. The van der Waals surface area contributed by atoms with Crippen molar-refractivity contribution in [3.63, 3.8) is 0 Å². The summed E-state index contributed by atoms with van der Waals surface area (Å²) in [5, 5.41) is 8.61. The highest BCUT2D eigenvalue weighted by molar-refractivity contribution is 7.99. The molecule has 0 aromatic carbocycles. The second-order valence-corrected chi connectivity index (χ2v) is 9.07. The van der Waals surface area contributed by atoms with Gasteiger partial charge in [-0.05, 0) is 61.9 Å². The SMILES string of the molecule is CCCCCC(/C=C/[C@H]1CSC[C@H]1CC=CC/C=C\C(=O)O)OC1CCCCO1. The number of rotatable bonds is 13. The molecule has 0 aliphatic carbocycles. The normalized spacial score (nSPS) is 26.7. The van der Waals surface area contributed by atoms with Gasteiger partial charge in [0.15, 0.2) is 6.29 Å². The number of unbranched alkanes of at least 4 members (excludes halogenated alkanes) is 2. The van der Waals surface area contributed by atoms with E-state index >= 15 is 0 Å². The van der Waals surface area contributed by atoms with Crippen LogP contribution >= 0.6 is 11.8 Å². The van der Waals surface area contributed by atoms with Crippen LogP contribution < -0.4 is 0 Å². The van der Waals surface area contributed by atoms with Crippen molar-refractivity contribution < 1.29 is 19.4 Å². The summed E-state index contributed by atoms with van der Waals surface area (Å²) in [4.78, 5) is 10.5. The van der Waals surface area contributed by atoms with Crippen LogP contribution in [0.4, 0.5) is 0 Å². The second-order valence-electron chi connectivity index (χ2n) is 8.00. The summed E-state index contributed by atoms with van der Waals surface area (Å²) in [5.74, 6) is 2.72. The maximum atomic E-state index is 10.5. The lowest BCUT2D eigenvalue weighted by Gasteiger charge is -2.27. The Balaban J connectivity index is 1.82. The van der Waals surface area contributed by atoms with Crippen molar-refractivity contribution in [2.45, 2.75) is 77.1 Å². The summed E-state index contributed by atoms with van der Waals surface area (Å²) < 4.78 is 12.1. The molecule has 2 saturated heterocycles. The number of carboxylic acids is 1. The van der Waals surface area contributed by atoms with Gasteiger partial charge >= 0.3 is 5.97 Å². The first-order valence-electron chi connectivity index (χ1n) is 11.3. The van der Waals surface area contributed by atoms with Crippen molar-refractivity contribution in [2.75, 3.05) is 18.1 Å². The van der Waals surface area contributed by atoms with Gasteiger partial charge in [0.05, 0.1) is 6.10 Å². The molecule has 0 bridgehead atoms. The number of allylic oxidation sites excluding steroid dienone is 4. The maximum Gasteiger partial charge on any atom is 0.327 e. The zero-order valence-electron chi connectivity index (χ0n) is 17.8. The molecular weight excluding hydrogens is 384 g/mol. The summed E-state index contributed by atoms with van der Waals surface area (Å²) in [5.41, 5.74) is 0. The van der Waals surface area contributed by atoms with Crippen LogP contribution in [-0.2, 0) is 14.3 Å². The molecule has 1 N–H and O–H groups in total. The number of aliphatic carboxylic acids is 1. The molecule has 5 heteroatoms. The van der Waals surface area contributed by atoms with Gasteiger partial charge < -0.3 is 14.6 Å². The number of carbonyl (C=O) groups is 1. The van der Waals surface area contributed by atoms with Gasteiger partial charge in [0.2, 0.25) is 0 Å². The Hall–Kier alpha value is -1.04. The first kappa shape index (κ1) is 24.2. The molecule has 4 atom stereocenters. The number of hydrogen-bond acceptors (Lipinski definition) is 4. The summed E-state index contributed by atoms with van der Waals surface area (Å²) in [6.07, 6.45) is 21.8. The highest BCUT2D eigenvalue weighted by atomic mass is 32.2. The second kappa shape index (κ2) is 14.9. The molecule has 29 heavy (non-hydrogen) atoms. The maximum absolute atomic E-state index is 10.5. The fourth-order valence-electron chi connectivity index (χ4n) is 3.77. The minimum Gasteiger partial charge on any atom is -0.478 e. The molecule has 4 nitrogen and oxygen atoms in total. The molecule has 0 amide bonds. The van der Waals surface area contributed by atoms with Crippen LogP contribution in [-0.4, -0.2) is 41.6 Å². The largest absolute Gasteiger partial charge is 0.478 e. The molecule has 2 unspecified atom stereocenters. The zero-order valence-corrected chi connectivity index (χ0v) is 18.7. The van der Waals surface area contributed by atoms with Gasteiger partial charge in [-0.15, -0.1) is 0 Å². The Morgan fingerprint density at radius 1 is 1.24 bits per heavy atom. The molecule has 0 radical (unpaired) electrons. The van der Waals surface area contributed by atoms with Crippen molar-refractivity contribution in [3.8, 4) is 0 Å². The van der Waals surface area contributed by atoms with E-state index in [1.54, 1.807) is 6.08 Å². The Labute approximate surface area is 180 Å². The lowest BCUT2D eigenvalue weighted by molar-refractivity contribution is -0.179. The van der Waals surface area contributed by atoms with Crippen LogP contribution in [0.3, 0.4) is 0 Å². The average molecular weight is 423 g/mol. The van der Waals surface area contributed by atoms with E-state index in [-0.39, 0.29) is 12.4 Å². The van der Waals surface area contributed by atoms with E-state index in [0.29, 0.717) is 18.3 Å². The molecule has 164 valence electrons. The Bertz CT molecular complexity index is 537. The monoisotopic (exact) mass is 422 g/mol. The van der Waals surface area contributed by atoms with E-state index in [1.165, 1.54) is 43.3 Å². The van der Waals surface area contributed by atoms with Crippen LogP contribution in [0.5, 0.6) is 0 Å². The van der Waals surface area contributed by atoms with E-state index in [2.05, 4.69) is 31.2 Å². The predicted octanol–water partition coefficient (Wildman–Crippen LogP) is 5.99. The minimum absolute atomic E-state index is 0.0319. The topological polar surface area (TPSA) is 55.8 Å². The van der Waals surface area contributed by atoms with Gasteiger partial charge in [-0.3, -0.25) is 0 Å². The highest BCUT2D eigenvalue weighted by Gasteiger charge is 2.25. The molecule has 0 spiro atoms. The van der Waals surface area contributed by atoms with Gasteiger partial charge in [-0.25, -0.2) is 4.79 Å². The van der Waals surface area contributed by atoms with E-state index in [1.807, 2.05) is 11.8 Å². The number of hydrogen-bond donors (Lipinski definition) is 1. The average Bonchev–Trinajstić information content (AvgIpc) is 3.16. The number of carboxylic acid groups (broad SMARTS) is 1. The van der Waals surface area contributed by atoms with Crippen LogP contribution in [0.2, 0.25) is 0 Å². The van der Waals surface area contributed by atoms with Crippen molar-refractivity contribution in [3.05, 3.63) is 36.5 Å². The Morgan fingerprint density at radius 2 is 2.14 bits per heavy atom. The molecule has 2 fully saturated rings. The molecule has 2 aliphatic rings. The molecule has 2 aliphatic heterocycles. The van der Waals surface area contributed by atoms with Gasteiger partial charge in [0.1, 0.15) is 0 Å². The van der Waals surface area contributed by atoms with E-state index < -0.39 is 5.97 Å². The summed E-state index contributed by atoms with van der Waals surface area (Å²) in [6, 6.07) is 0. The van der Waals surface area contributed by atoms with Gasteiger partial charge in [0.25, 0.3) is 0 Å². The molecule has 2 heterocycles. The van der Waals surface area contributed by atoms with E-state index in [9.17, 15) is 4.79 Å². The predicted molar refractivity (Wildman–Crippen MR) is 121 cm³/mol. The zero-order chi connectivity index (χ0) is 20.7. The smallest absolute Gasteiger partial charge is 0.327 e. The number of thioether (sulfide) groups is 1. The minimum atomic E-state index is -0.884. The Kier molecular flexibility index (Phi) is 12.4. The highest BCUT2D eigenvalue weighted by Crippen LogP contribution is 2.34. The van der Waals surface area contributed by atoms with Gasteiger partial charge in [-0.2, -0.15) is 11.8 Å². The van der Waals surface area contributed by atoms with Crippen molar-refractivity contribution in [2.24, 2.45) is 11.8 Å². The first-order valence-corrected chi connectivity index (χ1v) is 12.4. The molecule has 0 aromatic rings.